The van der Waals surface area contributed by atoms with Crippen LogP contribution in [0.3, 0.4) is 0 Å². The maximum Gasteiger partial charge on any atom is 0.264 e. The minimum Gasteiger partial charge on any atom is -0.497 e. The zero-order valence-corrected chi connectivity index (χ0v) is 17.5. The maximum absolute atomic E-state index is 13.1. The predicted molar refractivity (Wildman–Crippen MR) is 115 cm³/mol. The van der Waals surface area contributed by atoms with E-state index in [2.05, 4.69) is 5.32 Å². The number of rotatable bonds is 5. The summed E-state index contributed by atoms with van der Waals surface area (Å²) < 4.78 is 5.28. The zero-order valence-electron chi connectivity index (χ0n) is 16.7. The zero-order chi connectivity index (χ0) is 20.2. The molecule has 1 atom stereocenters. The molecule has 29 heavy (non-hydrogen) atoms. The molecule has 1 aromatic heterocycles. The monoisotopic (exact) mass is 413 g/mol. The quantitative estimate of drug-likeness (QED) is 0.815. The van der Waals surface area contributed by atoms with Crippen LogP contribution in [0.5, 0.6) is 5.75 Å². The van der Waals surface area contributed by atoms with E-state index in [1.54, 1.807) is 12.0 Å². The van der Waals surface area contributed by atoms with Gasteiger partial charge in [0.2, 0.25) is 5.91 Å². The van der Waals surface area contributed by atoms with Crippen LogP contribution in [0.15, 0.2) is 41.8 Å². The molecular weight excluding hydrogens is 386 g/mol. The molecule has 2 fully saturated rings. The Kier molecular flexibility index (Phi) is 6.04. The van der Waals surface area contributed by atoms with Gasteiger partial charge in [0.1, 0.15) is 11.8 Å². The lowest BCUT2D eigenvalue weighted by molar-refractivity contribution is -0.136. The summed E-state index contributed by atoms with van der Waals surface area (Å²) in [5, 5.41) is 5.45. The summed E-state index contributed by atoms with van der Waals surface area (Å²) in [4.78, 5) is 30.3. The Morgan fingerprint density at radius 3 is 2.66 bits per heavy atom. The van der Waals surface area contributed by atoms with Gasteiger partial charge in [-0.05, 0) is 49.3 Å². The van der Waals surface area contributed by atoms with Crippen molar-refractivity contribution in [2.24, 2.45) is 0 Å². The molecule has 2 saturated heterocycles. The Bertz CT molecular complexity index is 847. The fraction of sp³-hybridized carbons (Fsp3) is 0.455. The van der Waals surface area contributed by atoms with Gasteiger partial charge < -0.3 is 19.9 Å². The van der Waals surface area contributed by atoms with Gasteiger partial charge >= 0.3 is 0 Å². The van der Waals surface area contributed by atoms with Gasteiger partial charge in [-0.15, -0.1) is 11.3 Å². The molecule has 4 rings (SSSR count). The van der Waals surface area contributed by atoms with Crippen LogP contribution in [-0.4, -0.2) is 60.4 Å². The van der Waals surface area contributed by atoms with Gasteiger partial charge in [-0.2, -0.15) is 0 Å². The lowest BCUT2D eigenvalue weighted by atomic mass is 10.0. The largest absolute Gasteiger partial charge is 0.497 e. The second kappa shape index (κ2) is 8.86. The molecule has 2 aliphatic rings. The van der Waals surface area contributed by atoms with Gasteiger partial charge in [0.05, 0.1) is 12.0 Å². The summed E-state index contributed by atoms with van der Waals surface area (Å²) in [5.41, 5.74) is 1.04. The number of carbonyl (C=O) groups excluding carboxylic acids is 2. The van der Waals surface area contributed by atoms with Crippen LogP contribution in [0, 0.1) is 0 Å². The first-order valence-corrected chi connectivity index (χ1v) is 11.1. The molecule has 0 bridgehead atoms. The first-order valence-electron chi connectivity index (χ1n) is 10.2. The van der Waals surface area contributed by atoms with Crippen LogP contribution >= 0.6 is 11.3 Å². The summed E-state index contributed by atoms with van der Waals surface area (Å²) in [6, 6.07) is 11.7. The Hall–Kier alpha value is -2.54. The lowest BCUT2D eigenvalue weighted by Gasteiger charge is -2.36. The molecule has 2 amide bonds. The van der Waals surface area contributed by atoms with Crippen molar-refractivity contribution >= 4 is 28.8 Å². The number of piperidine rings is 1. The van der Waals surface area contributed by atoms with Gasteiger partial charge in [-0.1, -0.05) is 12.1 Å². The molecule has 154 valence electrons. The van der Waals surface area contributed by atoms with Crippen molar-refractivity contribution in [1.29, 1.82) is 0 Å². The van der Waals surface area contributed by atoms with Crippen molar-refractivity contribution in [1.82, 2.24) is 9.80 Å². The number of benzene rings is 1. The predicted octanol–water partition coefficient (Wildman–Crippen LogP) is 3.46. The highest BCUT2D eigenvalue weighted by Gasteiger charge is 2.38. The average Bonchev–Trinajstić information content (AvgIpc) is 3.46. The normalized spacial score (nSPS) is 20.0. The van der Waals surface area contributed by atoms with Gasteiger partial charge in [0.25, 0.3) is 5.91 Å². The van der Waals surface area contributed by atoms with Crippen molar-refractivity contribution in [3.05, 3.63) is 46.7 Å². The summed E-state index contributed by atoms with van der Waals surface area (Å²) >= 11 is 1.44. The molecule has 7 heteroatoms. The third-order valence-electron chi connectivity index (χ3n) is 5.78. The van der Waals surface area contributed by atoms with Crippen molar-refractivity contribution < 1.29 is 14.3 Å². The molecule has 1 N–H and O–H groups in total. The summed E-state index contributed by atoms with van der Waals surface area (Å²) in [7, 11) is 1.67. The minimum atomic E-state index is -0.313. The fourth-order valence-corrected chi connectivity index (χ4v) is 4.89. The van der Waals surface area contributed by atoms with E-state index < -0.39 is 0 Å². The van der Waals surface area contributed by atoms with E-state index in [4.69, 9.17) is 4.74 Å². The summed E-state index contributed by atoms with van der Waals surface area (Å²) in [6.07, 6.45) is 3.45. The third-order valence-corrected chi connectivity index (χ3v) is 6.64. The fourth-order valence-electron chi connectivity index (χ4n) is 4.21. The van der Waals surface area contributed by atoms with Crippen molar-refractivity contribution in [2.75, 3.05) is 32.1 Å². The number of ether oxygens (including phenoxy) is 1. The number of methoxy groups -OCH3 is 1. The van der Waals surface area contributed by atoms with Crippen LogP contribution < -0.4 is 10.1 Å². The number of hydrogen-bond acceptors (Lipinski definition) is 5. The number of carbonyl (C=O) groups is 2. The number of hydrogen-bond donors (Lipinski definition) is 1. The SMILES string of the molecule is COc1cccc(NC2CCN(C(=O)[C@@H]3CCCN3C(=O)c3cccs3)CC2)c1. The molecule has 0 radical (unpaired) electrons. The van der Waals surface area contributed by atoms with Gasteiger partial charge in [0, 0.05) is 37.4 Å². The number of likely N-dealkylation sites (tertiary alicyclic amines) is 2. The molecule has 0 aliphatic carbocycles. The number of nitrogens with zero attached hydrogens (tertiary/aromatic N) is 2. The van der Waals surface area contributed by atoms with E-state index in [1.807, 2.05) is 46.7 Å². The van der Waals surface area contributed by atoms with E-state index in [1.165, 1.54) is 11.3 Å². The van der Waals surface area contributed by atoms with Gasteiger partial charge in [-0.3, -0.25) is 9.59 Å². The second-order valence-corrected chi connectivity index (χ2v) is 8.56. The van der Waals surface area contributed by atoms with E-state index in [0.29, 0.717) is 17.5 Å². The smallest absolute Gasteiger partial charge is 0.264 e. The summed E-state index contributed by atoms with van der Waals surface area (Å²) in [5.74, 6) is 0.928. The van der Waals surface area contributed by atoms with E-state index in [0.717, 1.165) is 50.2 Å². The Labute approximate surface area is 175 Å². The highest BCUT2D eigenvalue weighted by atomic mass is 32.1. The summed E-state index contributed by atoms with van der Waals surface area (Å²) in [6.45, 7) is 2.11. The van der Waals surface area contributed by atoms with Crippen LogP contribution in [0.1, 0.15) is 35.4 Å². The number of amides is 2. The number of thiophene rings is 1. The Balaban J connectivity index is 1.33. The Morgan fingerprint density at radius 2 is 1.93 bits per heavy atom. The van der Waals surface area contributed by atoms with Crippen LogP contribution in [0.4, 0.5) is 5.69 Å². The lowest BCUT2D eigenvalue weighted by Crippen LogP contribution is -2.51. The number of nitrogens with one attached hydrogen (secondary N) is 1. The standard InChI is InChI=1S/C22H27N3O3S/c1-28-18-6-2-5-17(15-18)23-16-9-12-24(13-10-16)21(26)19-7-3-11-25(19)22(27)20-8-4-14-29-20/h2,4-6,8,14-16,19,23H,3,7,9-13H2,1H3/t19-/m0/s1. The molecule has 2 aromatic rings. The molecular formula is C22H27N3O3S. The topological polar surface area (TPSA) is 61.9 Å². The van der Waals surface area contributed by atoms with Crippen molar-refractivity contribution in [2.45, 2.75) is 37.8 Å². The molecule has 0 unspecified atom stereocenters. The molecule has 0 spiro atoms. The van der Waals surface area contributed by atoms with E-state index in [9.17, 15) is 9.59 Å². The first kappa shape index (κ1) is 19.8. The maximum atomic E-state index is 13.1. The molecule has 2 aliphatic heterocycles. The highest BCUT2D eigenvalue weighted by Crippen LogP contribution is 2.26. The van der Waals surface area contributed by atoms with Gasteiger partial charge in [-0.25, -0.2) is 0 Å². The number of anilines is 1. The van der Waals surface area contributed by atoms with Crippen molar-refractivity contribution in [3.63, 3.8) is 0 Å². The highest BCUT2D eigenvalue weighted by molar-refractivity contribution is 7.12. The molecule has 6 nitrogen and oxygen atoms in total. The second-order valence-electron chi connectivity index (χ2n) is 7.61. The van der Waals surface area contributed by atoms with Crippen LogP contribution in [-0.2, 0) is 4.79 Å². The first-order chi connectivity index (χ1) is 14.2. The van der Waals surface area contributed by atoms with Crippen LogP contribution in [0.25, 0.3) is 0 Å². The third kappa shape index (κ3) is 4.40. The van der Waals surface area contributed by atoms with E-state index in [-0.39, 0.29) is 17.9 Å². The average molecular weight is 414 g/mol. The van der Waals surface area contributed by atoms with Crippen LogP contribution in [0.2, 0.25) is 0 Å². The van der Waals surface area contributed by atoms with E-state index >= 15 is 0 Å². The molecule has 1 aromatic carbocycles. The van der Waals surface area contributed by atoms with Crippen molar-refractivity contribution in [3.8, 4) is 5.75 Å². The molecule has 0 saturated carbocycles. The van der Waals surface area contributed by atoms with Gasteiger partial charge in [0.15, 0.2) is 0 Å². The Morgan fingerprint density at radius 1 is 1.10 bits per heavy atom. The minimum absolute atomic E-state index is 0.00886. The molecule has 3 heterocycles.